The first-order valence-electron chi connectivity index (χ1n) is 4.13. The second-order valence-electron chi connectivity index (χ2n) is 2.90. The van der Waals surface area contributed by atoms with Crippen LogP contribution in [0.1, 0.15) is 11.7 Å². The Morgan fingerprint density at radius 3 is 3.23 bits per heavy atom. The molecule has 0 unspecified atom stereocenters. The van der Waals surface area contributed by atoms with Gasteiger partial charge in [-0.1, -0.05) is 0 Å². The van der Waals surface area contributed by atoms with E-state index in [0.29, 0.717) is 0 Å². The van der Waals surface area contributed by atoms with E-state index in [9.17, 15) is 5.11 Å². The molecule has 0 saturated heterocycles. The van der Waals surface area contributed by atoms with E-state index in [1.54, 1.807) is 12.4 Å². The quantitative estimate of drug-likeness (QED) is 0.627. The Balaban J connectivity index is 2.57. The van der Waals surface area contributed by atoms with Crippen molar-refractivity contribution in [3.05, 3.63) is 30.1 Å². The molecule has 2 aromatic heterocycles. The van der Waals surface area contributed by atoms with Crippen LogP contribution in [0.3, 0.4) is 0 Å². The second kappa shape index (κ2) is 3.16. The number of aliphatic hydroxyl groups excluding tert-OH is 1. The van der Waals surface area contributed by atoms with Crippen LogP contribution in [0, 0.1) is 0 Å². The number of aromatic amines is 1. The fraction of sp³-hybridized carbons (Fsp3) is 0.222. The van der Waals surface area contributed by atoms with Gasteiger partial charge in [0.15, 0.2) is 0 Å². The minimum absolute atomic E-state index is 0.224. The number of H-pyrrole nitrogens is 1. The molecule has 2 aromatic rings. The van der Waals surface area contributed by atoms with Crippen molar-refractivity contribution in [2.24, 2.45) is 5.73 Å². The Hall–Kier alpha value is -1.39. The van der Waals surface area contributed by atoms with Crippen LogP contribution < -0.4 is 5.73 Å². The molecule has 4 heteroatoms. The minimum atomic E-state index is -0.613. The van der Waals surface area contributed by atoms with Crippen molar-refractivity contribution in [2.45, 2.75) is 6.10 Å². The van der Waals surface area contributed by atoms with Gasteiger partial charge in [-0.2, -0.15) is 0 Å². The van der Waals surface area contributed by atoms with Crippen molar-refractivity contribution in [2.75, 3.05) is 6.54 Å². The van der Waals surface area contributed by atoms with Crippen molar-refractivity contribution in [1.82, 2.24) is 9.97 Å². The van der Waals surface area contributed by atoms with Crippen LogP contribution in [-0.2, 0) is 0 Å². The highest BCUT2D eigenvalue weighted by Gasteiger charge is 2.10. The number of fused-ring (bicyclic) bond motifs is 1. The molecular weight excluding hydrogens is 166 g/mol. The van der Waals surface area contributed by atoms with Gasteiger partial charge in [0, 0.05) is 29.9 Å². The van der Waals surface area contributed by atoms with Gasteiger partial charge in [-0.25, -0.2) is 4.98 Å². The van der Waals surface area contributed by atoms with E-state index >= 15 is 0 Å². The maximum absolute atomic E-state index is 9.54. The van der Waals surface area contributed by atoms with Gasteiger partial charge < -0.3 is 15.8 Å². The van der Waals surface area contributed by atoms with Gasteiger partial charge in [-0.3, -0.25) is 0 Å². The van der Waals surface area contributed by atoms with Gasteiger partial charge in [0.05, 0.1) is 6.10 Å². The lowest BCUT2D eigenvalue weighted by molar-refractivity contribution is 0.188. The summed E-state index contributed by atoms with van der Waals surface area (Å²) in [5.41, 5.74) is 6.96. The number of nitrogens with one attached hydrogen (secondary N) is 1. The molecule has 2 heterocycles. The topological polar surface area (TPSA) is 74.9 Å². The molecule has 0 aromatic carbocycles. The third-order valence-corrected chi connectivity index (χ3v) is 2.07. The van der Waals surface area contributed by atoms with E-state index in [-0.39, 0.29) is 6.54 Å². The molecule has 0 bridgehead atoms. The summed E-state index contributed by atoms with van der Waals surface area (Å²) in [5.74, 6) is 0. The molecule has 4 nitrogen and oxygen atoms in total. The van der Waals surface area contributed by atoms with E-state index in [1.807, 2.05) is 12.1 Å². The van der Waals surface area contributed by atoms with Crippen molar-refractivity contribution < 1.29 is 5.11 Å². The molecule has 1 atom stereocenters. The predicted octanol–water partition coefficient (Wildman–Crippen LogP) is 0.555. The number of nitrogens with zero attached hydrogens (tertiary/aromatic N) is 1. The Morgan fingerprint density at radius 1 is 1.62 bits per heavy atom. The van der Waals surface area contributed by atoms with Crippen LogP contribution in [0.4, 0.5) is 0 Å². The van der Waals surface area contributed by atoms with E-state index < -0.39 is 6.10 Å². The van der Waals surface area contributed by atoms with Crippen LogP contribution in [0.2, 0.25) is 0 Å². The maximum atomic E-state index is 9.54. The van der Waals surface area contributed by atoms with E-state index in [2.05, 4.69) is 9.97 Å². The maximum Gasteiger partial charge on any atom is 0.137 e. The molecule has 0 aliphatic rings. The molecule has 0 aliphatic heterocycles. The lowest BCUT2D eigenvalue weighted by Gasteiger charge is -2.04. The summed E-state index contributed by atoms with van der Waals surface area (Å²) in [5, 5.41) is 10.5. The van der Waals surface area contributed by atoms with E-state index in [4.69, 9.17) is 5.73 Å². The summed E-state index contributed by atoms with van der Waals surface area (Å²) >= 11 is 0. The fourth-order valence-corrected chi connectivity index (χ4v) is 1.38. The van der Waals surface area contributed by atoms with Gasteiger partial charge in [0.25, 0.3) is 0 Å². The number of hydrogen-bond acceptors (Lipinski definition) is 3. The van der Waals surface area contributed by atoms with Crippen LogP contribution in [0.25, 0.3) is 11.0 Å². The molecule has 0 saturated carbocycles. The highest BCUT2D eigenvalue weighted by atomic mass is 16.3. The van der Waals surface area contributed by atoms with Crippen LogP contribution >= 0.6 is 0 Å². The zero-order valence-corrected chi connectivity index (χ0v) is 7.07. The number of hydrogen-bond donors (Lipinski definition) is 3. The Bertz CT molecular complexity index is 410. The molecule has 0 radical (unpaired) electrons. The Morgan fingerprint density at radius 2 is 2.46 bits per heavy atom. The molecule has 0 aliphatic carbocycles. The summed E-state index contributed by atoms with van der Waals surface area (Å²) in [6, 6.07) is 3.75. The summed E-state index contributed by atoms with van der Waals surface area (Å²) in [6.07, 6.45) is 2.84. The SMILES string of the molecule is NC[C@H](O)c1c[nH]c2ncccc12. The lowest BCUT2D eigenvalue weighted by atomic mass is 10.1. The molecule has 68 valence electrons. The van der Waals surface area contributed by atoms with E-state index in [0.717, 1.165) is 16.6 Å². The van der Waals surface area contributed by atoms with Gasteiger partial charge in [-0.05, 0) is 12.1 Å². The molecule has 4 N–H and O–H groups in total. The number of nitrogens with two attached hydrogens (primary N) is 1. The fourth-order valence-electron chi connectivity index (χ4n) is 1.38. The molecule has 0 spiro atoms. The number of aliphatic hydroxyl groups is 1. The van der Waals surface area contributed by atoms with Crippen LogP contribution in [0.5, 0.6) is 0 Å². The van der Waals surface area contributed by atoms with Gasteiger partial charge >= 0.3 is 0 Å². The highest BCUT2D eigenvalue weighted by molar-refractivity contribution is 5.79. The highest BCUT2D eigenvalue weighted by Crippen LogP contribution is 2.21. The first kappa shape index (κ1) is 8.22. The van der Waals surface area contributed by atoms with Gasteiger partial charge in [-0.15, -0.1) is 0 Å². The van der Waals surface area contributed by atoms with Crippen molar-refractivity contribution in [3.8, 4) is 0 Å². The standard InChI is InChI=1S/C9H11N3O/c10-4-8(13)7-5-12-9-6(7)2-1-3-11-9/h1-3,5,8,13H,4,10H2,(H,11,12)/t8-/m0/s1. The normalized spacial score (nSPS) is 13.4. The molecule has 13 heavy (non-hydrogen) atoms. The first-order valence-corrected chi connectivity index (χ1v) is 4.13. The zero-order valence-electron chi connectivity index (χ0n) is 7.07. The third-order valence-electron chi connectivity index (χ3n) is 2.07. The summed E-state index contributed by atoms with van der Waals surface area (Å²) in [4.78, 5) is 7.09. The summed E-state index contributed by atoms with van der Waals surface area (Å²) < 4.78 is 0. The van der Waals surface area contributed by atoms with Crippen LogP contribution in [-0.4, -0.2) is 21.6 Å². The number of aromatic nitrogens is 2. The molecule has 2 rings (SSSR count). The Kier molecular flexibility index (Phi) is 2.00. The molecule has 0 amide bonds. The zero-order chi connectivity index (χ0) is 9.26. The second-order valence-corrected chi connectivity index (χ2v) is 2.90. The van der Waals surface area contributed by atoms with Crippen molar-refractivity contribution in [3.63, 3.8) is 0 Å². The van der Waals surface area contributed by atoms with Crippen molar-refractivity contribution in [1.29, 1.82) is 0 Å². The Labute approximate surface area is 75.4 Å². The molecular formula is C9H11N3O. The minimum Gasteiger partial charge on any atom is -0.387 e. The predicted molar refractivity (Wildman–Crippen MR) is 50.1 cm³/mol. The summed E-state index contributed by atoms with van der Waals surface area (Å²) in [6.45, 7) is 0.224. The first-order chi connectivity index (χ1) is 6.33. The monoisotopic (exact) mass is 177 g/mol. The number of pyridine rings is 1. The smallest absolute Gasteiger partial charge is 0.137 e. The average Bonchev–Trinajstić information content (AvgIpc) is 2.60. The third kappa shape index (κ3) is 1.30. The number of rotatable bonds is 2. The van der Waals surface area contributed by atoms with Gasteiger partial charge in [0.2, 0.25) is 0 Å². The van der Waals surface area contributed by atoms with Crippen LogP contribution in [0.15, 0.2) is 24.5 Å². The lowest BCUT2D eigenvalue weighted by Crippen LogP contribution is -2.10. The van der Waals surface area contributed by atoms with Gasteiger partial charge in [0.1, 0.15) is 5.65 Å². The summed E-state index contributed by atoms with van der Waals surface area (Å²) in [7, 11) is 0. The van der Waals surface area contributed by atoms with E-state index in [1.165, 1.54) is 0 Å². The van der Waals surface area contributed by atoms with Crippen molar-refractivity contribution >= 4 is 11.0 Å². The average molecular weight is 177 g/mol. The largest absolute Gasteiger partial charge is 0.387 e. The molecule has 0 fully saturated rings.